The van der Waals surface area contributed by atoms with Crippen LogP contribution >= 0.6 is 27.3 Å². The summed E-state index contributed by atoms with van der Waals surface area (Å²) in [6, 6.07) is 11.4. The fourth-order valence-corrected chi connectivity index (χ4v) is 4.83. The molecule has 0 N–H and O–H groups in total. The van der Waals surface area contributed by atoms with Gasteiger partial charge in [0.25, 0.3) is 5.56 Å². The van der Waals surface area contributed by atoms with Crippen LogP contribution in [0.4, 0.5) is 0 Å². The van der Waals surface area contributed by atoms with Gasteiger partial charge in [-0.25, -0.2) is 4.98 Å². The van der Waals surface area contributed by atoms with E-state index in [0.717, 1.165) is 22.8 Å². The summed E-state index contributed by atoms with van der Waals surface area (Å²) in [6.07, 6.45) is 3.49. The minimum atomic E-state index is -0.161. The van der Waals surface area contributed by atoms with Crippen LogP contribution in [0.5, 0.6) is 0 Å². The lowest BCUT2D eigenvalue weighted by Crippen LogP contribution is -2.41. The fourth-order valence-electron chi connectivity index (χ4n) is 3.31. The summed E-state index contributed by atoms with van der Waals surface area (Å²) in [4.78, 5) is 31.0. The number of fused-ring (bicyclic) bond motifs is 1. The molecule has 1 fully saturated rings. The van der Waals surface area contributed by atoms with E-state index >= 15 is 0 Å². The molecule has 0 atom stereocenters. The van der Waals surface area contributed by atoms with Crippen molar-refractivity contribution in [1.29, 1.82) is 0 Å². The van der Waals surface area contributed by atoms with Crippen LogP contribution < -0.4 is 5.56 Å². The van der Waals surface area contributed by atoms with Crippen LogP contribution in [0, 0.1) is 0 Å². The summed E-state index contributed by atoms with van der Waals surface area (Å²) in [5.74, 6) is 0.401. The summed E-state index contributed by atoms with van der Waals surface area (Å²) in [5, 5.41) is 1.17. The Balaban J connectivity index is 1.40. The first kappa shape index (κ1) is 17.4. The molecule has 0 radical (unpaired) electrons. The maximum atomic E-state index is 12.6. The molecule has 7 heteroatoms. The first-order valence-electron chi connectivity index (χ1n) is 8.59. The van der Waals surface area contributed by atoms with Crippen LogP contribution in [0.1, 0.15) is 23.8 Å². The van der Waals surface area contributed by atoms with Gasteiger partial charge in [-0.3, -0.25) is 9.59 Å². The third-order valence-corrected chi connectivity index (χ3v) is 6.43. The fraction of sp³-hybridized carbons (Fsp3) is 0.316. The van der Waals surface area contributed by atoms with Gasteiger partial charge in [0.2, 0.25) is 5.91 Å². The Morgan fingerprint density at radius 1 is 1.19 bits per heavy atom. The molecular weight excluding hydrogens is 414 g/mol. The number of amides is 1. The second-order valence-electron chi connectivity index (χ2n) is 6.49. The van der Waals surface area contributed by atoms with Gasteiger partial charge in [0.05, 0.1) is 15.2 Å². The van der Waals surface area contributed by atoms with Gasteiger partial charge < -0.3 is 9.47 Å². The third kappa shape index (κ3) is 3.59. The number of benzene rings is 1. The Kier molecular flexibility index (Phi) is 4.91. The highest BCUT2D eigenvalue weighted by molar-refractivity contribution is 9.10. The Bertz CT molecular complexity index is 972. The molecule has 0 bridgehead atoms. The minimum Gasteiger partial charge on any atom is -0.341 e. The van der Waals surface area contributed by atoms with Crippen molar-refractivity contribution in [3.63, 3.8) is 0 Å². The zero-order chi connectivity index (χ0) is 18.1. The first-order valence-corrected chi connectivity index (χ1v) is 10.2. The predicted octanol–water partition coefficient (Wildman–Crippen LogP) is 3.63. The number of thiazole rings is 1. The largest absolute Gasteiger partial charge is 0.341 e. The van der Waals surface area contributed by atoms with Crippen LogP contribution in [0.3, 0.4) is 0 Å². The number of aromatic nitrogens is 2. The number of pyridine rings is 1. The highest BCUT2D eigenvalue weighted by Crippen LogP contribution is 2.33. The molecule has 1 aliphatic rings. The molecule has 1 amide bonds. The van der Waals surface area contributed by atoms with E-state index in [0.29, 0.717) is 19.0 Å². The molecule has 0 saturated carbocycles. The normalized spacial score (nSPS) is 15.5. The number of carbonyl (C=O) groups excluding carboxylic acids is 1. The molecule has 1 aliphatic heterocycles. The molecule has 5 nitrogen and oxygen atoms in total. The van der Waals surface area contributed by atoms with Gasteiger partial charge in [0, 0.05) is 35.7 Å². The molecule has 3 aromatic rings. The molecule has 134 valence electrons. The van der Waals surface area contributed by atoms with Gasteiger partial charge in [0.15, 0.2) is 0 Å². The molecule has 26 heavy (non-hydrogen) atoms. The number of halogens is 1. The van der Waals surface area contributed by atoms with Crippen molar-refractivity contribution in [2.24, 2.45) is 0 Å². The quantitative estimate of drug-likeness (QED) is 0.635. The maximum absolute atomic E-state index is 12.6. The summed E-state index contributed by atoms with van der Waals surface area (Å²) in [5.41, 5.74) is 0.894. The average molecular weight is 432 g/mol. The predicted molar refractivity (Wildman–Crippen MR) is 107 cm³/mol. The highest BCUT2D eigenvalue weighted by atomic mass is 79.9. The minimum absolute atomic E-state index is 0.00653. The zero-order valence-electron chi connectivity index (χ0n) is 14.1. The molecule has 1 saturated heterocycles. The van der Waals surface area contributed by atoms with Gasteiger partial charge in [-0.15, -0.1) is 11.3 Å². The van der Waals surface area contributed by atoms with Crippen molar-refractivity contribution < 1.29 is 4.79 Å². The Hall–Kier alpha value is -1.99. The van der Waals surface area contributed by atoms with E-state index in [1.807, 2.05) is 23.1 Å². The lowest BCUT2D eigenvalue weighted by molar-refractivity contribution is -0.132. The molecule has 3 heterocycles. The topological polar surface area (TPSA) is 55.2 Å². The van der Waals surface area contributed by atoms with Crippen molar-refractivity contribution in [2.75, 3.05) is 13.1 Å². The van der Waals surface area contributed by atoms with Crippen LogP contribution in [0.2, 0.25) is 0 Å². The SMILES string of the molecule is O=C(Cn1cc(Br)ccc1=O)N1CCC(c2nc3ccccc3s2)CC1. The van der Waals surface area contributed by atoms with Crippen molar-refractivity contribution in [1.82, 2.24) is 14.5 Å². The van der Waals surface area contributed by atoms with Gasteiger partial charge >= 0.3 is 0 Å². The molecule has 0 aliphatic carbocycles. The standard InChI is InChI=1S/C19H18BrN3O2S/c20-14-5-6-17(24)23(11-14)12-18(25)22-9-7-13(8-10-22)19-21-15-3-1-2-4-16(15)26-19/h1-6,11,13H,7-10,12H2. The molecule has 4 rings (SSSR count). The second-order valence-corrected chi connectivity index (χ2v) is 8.47. The highest BCUT2D eigenvalue weighted by Gasteiger charge is 2.26. The van der Waals surface area contributed by atoms with Crippen molar-refractivity contribution in [3.8, 4) is 0 Å². The molecule has 0 unspecified atom stereocenters. The maximum Gasteiger partial charge on any atom is 0.251 e. The molecule has 1 aromatic carbocycles. The van der Waals surface area contributed by atoms with Crippen LogP contribution in [-0.4, -0.2) is 33.4 Å². The van der Waals surface area contributed by atoms with Crippen LogP contribution in [-0.2, 0) is 11.3 Å². The Morgan fingerprint density at radius 2 is 1.96 bits per heavy atom. The third-order valence-electron chi connectivity index (χ3n) is 4.76. The number of rotatable bonds is 3. The van der Waals surface area contributed by atoms with E-state index in [2.05, 4.69) is 22.0 Å². The van der Waals surface area contributed by atoms with Crippen LogP contribution in [0.25, 0.3) is 10.2 Å². The zero-order valence-corrected chi connectivity index (χ0v) is 16.5. The number of hydrogen-bond donors (Lipinski definition) is 0. The van der Waals surface area contributed by atoms with Gasteiger partial charge in [0.1, 0.15) is 6.54 Å². The number of nitrogens with zero attached hydrogens (tertiary/aromatic N) is 3. The van der Waals surface area contributed by atoms with E-state index < -0.39 is 0 Å². The number of hydrogen-bond acceptors (Lipinski definition) is 4. The van der Waals surface area contributed by atoms with Crippen molar-refractivity contribution in [3.05, 3.63) is 62.4 Å². The Morgan fingerprint density at radius 3 is 2.73 bits per heavy atom. The Labute approximate surface area is 163 Å². The van der Waals surface area contributed by atoms with Gasteiger partial charge in [-0.05, 0) is 47.0 Å². The van der Waals surface area contributed by atoms with E-state index in [1.165, 1.54) is 20.3 Å². The monoisotopic (exact) mass is 431 g/mol. The van der Waals surface area contributed by atoms with Crippen LogP contribution in [0.15, 0.2) is 51.9 Å². The summed E-state index contributed by atoms with van der Waals surface area (Å²) in [7, 11) is 0. The molecular formula is C19H18BrN3O2S. The van der Waals surface area contributed by atoms with Gasteiger partial charge in [-0.2, -0.15) is 0 Å². The number of para-hydroxylation sites is 1. The lowest BCUT2D eigenvalue weighted by Gasteiger charge is -2.31. The van der Waals surface area contributed by atoms with E-state index in [-0.39, 0.29) is 18.0 Å². The van der Waals surface area contributed by atoms with Crippen molar-refractivity contribution >= 4 is 43.4 Å². The summed E-state index contributed by atoms with van der Waals surface area (Å²) in [6.45, 7) is 1.51. The number of carbonyl (C=O) groups is 1. The van der Waals surface area contributed by atoms with Gasteiger partial charge in [-0.1, -0.05) is 12.1 Å². The number of piperidine rings is 1. The molecule has 0 spiro atoms. The van der Waals surface area contributed by atoms with Crippen molar-refractivity contribution in [2.45, 2.75) is 25.3 Å². The first-order chi connectivity index (χ1) is 12.6. The lowest BCUT2D eigenvalue weighted by atomic mass is 9.97. The number of likely N-dealkylation sites (tertiary alicyclic amines) is 1. The summed E-state index contributed by atoms with van der Waals surface area (Å²) < 4.78 is 3.46. The van der Waals surface area contributed by atoms with E-state index in [1.54, 1.807) is 23.6 Å². The molecule has 2 aromatic heterocycles. The second kappa shape index (κ2) is 7.32. The average Bonchev–Trinajstić information content (AvgIpc) is 3.09. The van der Waals surface area contributed by atoms with E-state index in [4.69, 9.17) is 4.98 Å². The smallest absolute Gasteiger partial charge is 0.251 e. The van der Waals surface area contributed by atoms with E-state index in [9.17, 15) is 9.59 Å². The summed E-state index contributed by atoms with van der Waals surface area (Å²) >= 11 is 5.09.